The van der Waals surface area contributed by atoms with Crippen molar-refractivity contribution in [3.8, 4) is 17.2 Å². The number of ether oxygens (including phenoxy) is 3. The highest BCUT2D eigenvalue weighted by Crippen LogP contribution is 2.41. The number of thioether (sulfide) groups is 1. The third-order valence-electron chi connectivity index (χ3n) is 4.88. The zero-order chi connectivity index (χ0) is 23.5. The van der Waals surface area contributed by atoms with Crippen LogP contribution in [0.15, 0.2) is 58.6 Å². The Balaban J connectivity index is 1.81. The maximum atomic E-state index is 12.9. The van der Waals surface area contributed by atoms with Gasteiger partial charge in [0.05, 0.1) is 24.8 Å². The van der Waals surface area contributed by atoms with Crippen molar-refractivity contribution in [1.82, 2.24) is 14.9 Å². The fourth-order valence-electron chi connectivity index (χ4n) is 3.42. The molecule has 0 radical (unpaired) electrons. The van der Waals surface area contributed by atoms with Crippen molar-refractivity contribution in [1.29, 1.82) is 0 Å². The Morgan fingerprint density at radius 3 is 2.33 bits per heavy atom. The first-order valence-corrected chi connectivity index (χ1v) is 10.8. The lowest BCUT2D eigenvalue weighted by molar-refractivity contribution is -0.117. The number of methoxy groups -OCH3 is 2. The van der Waals surface area contributed by atoms with Gasteiger partial charge < -0.3 is 14.2 Å². The number of nitrogens with zero attached hydrogens (tertiary/aromatic N) is 4. The van der Waals surface area contributed by atoms with E-state index < -0.39 is 0 Å². The predicted molar refractivity (Wildman–Crippen MR) is 123 cm³/mol. The highest BCUT2D eigenvalue weighted by atomic mass is 32.2. The smallest absolute Gasteiger partial charge is 0.243 e. The second-order valence-electron chi connectivity index (χ2n) is 7.05. The summed E-state index contributed by atoms with van der Waals surface area (Å²) in [6, 6.07) is 14.5. The van der Waals surface area contributed by atoms with E-state index >= 15 is 0 Å². The minimum Gasteiger partial charge on any atom is -0.493 e. The van der Waals surface area contributed by atoms with Gasteiger partial charge in [-0.3, -0.25) is 9.59 Å². The highest BCUT2D eigenvalue weighted by Gasteiger charge is 2.35. The summed E-state index contributed by atoms with van der Waals surface area (Å²) >= 11 is 1.15. The Labute approximate surface area is 194 Å². The summed E-state index contributed by atoms with van der Waals surface area (Å²) in [5, 5.41) is 10.2. The monoisotopic (exact) mass is 466 g/mol. The Bertz CT molecular complexity index is 1240. The Morgan fingerprint density at radius 1 is 0.970 bits per heavy atom. The molecule has 0 atom stereocenters. The van der Waals surface area contributed by atoms with Gasteiger partial charge in [0.25, 0.3) is 0 Å². The van der Waals surface area contributed by atoms with E-state index in [1.807, 2.05) is 30.3 Å². The molecular formula is C23H22N4O5S. The number of fused-ring (bicyclic) bond motifs is 1. The van der Waals surface area contributed by atoms with Gasteiger partial charge in [-0.1, -0.05) is 18.2 Å². The second kappa shape index (κ2) is 9.37. The predicted octanol–water partition coefficient (Wildman–Crippen LogP) is 3.42. The number of aromatic nitrogens is 3. The number of hydrogen-bond acceptors (Lipinski definition) is 8. The summed E-state index contributed by atoms with van der Waals surface area (Å²) in [6.45, 7) is 2.95. The standard InChI is InChI=1S/C23H22N4O5S/c1-14(28)22-21(16-10-11-18(30-3)19(12-16)31-4)26(15(2)29)27-20(24-25-23(27)33-22)13-32-17-8-6-5-7-9-17/h5-12H,13H2,1-4H3. The van der Waals surface area contributed by atoms with Gasteiger partial charge in [0.2, 0.25) is 11.1 Å². The zero-order valence-corrected chi connectivity index (χ0v) is 19.4. The van der Waals surface area contributed by atoms with E-state index in [0.29, 0.717) is 44.4 Å². The van der Waals surface area contributed by atoms with Crippen LogP contribution in [0.25, 0.3) is 5.70 Å². The van der Waals surface area contributed by atoms with E-state index in [1.165, 1.54) is 26.0 Å². The summed E-state index contributed by atoms with van der Waals surface area (Å²) in [7, 11) is 3.07. The third kappa shape index (κ3) is 4.29. The maximum absolute atomic E-state index is 12.9. The zero-order valence-electron chi connectivity index (χ0n) is 18.6. The van der Waals surface area contributed by atoms with Crippen LogP contribution < -0.4 is 19.2 Å². The highest BCUT2D eigenvalue weighted by molar-refractivity contribution is 8.04. The van der Waals surface area contributed by atoms with Crippen LogP contribution in [-0.4, -0.2) is 40.8 Å². The molecule has 33 heavy (non-hydrogen) atoms. The molecule has 0 aliphatic carbocycles. The lowest BCUT2D eigenvalue weighted by Crippen LogP contribution is -2.42. The van der Waals surface area contributed by atoms with Gasteiger partial charge in [0.15, 0.2) is 23.1 Å². The first-order valence-electron chi connectivity index (χ1n) is 10.0. The first kappa shape index (κ1) is 22.4. The molecule has 0 spiro atoms. The molecule has 9 nitrogen and oxygen atoms in total. The molecule has 4 rings (SSSR count). The van der Waals surface area contributed by atoms with Crippen LogP contribution in [0, 0.1) is 0 Å². The van der Waals surface area contributed by atoms with Crippen molar-refractivity contribution in [3.05, 3.63) is 64.8 Å². The van der Waals surface area contributed by atoms with Crippen LogP contribution in [0.1, 0.15) is 25.2 Å². The summed E-state index contributed by atoms with van der Waals surface area (Å²) in [4.78, 5) is 25.9. The van der Waals surface area contributed by atoms with Crippen molar-refractivity contribution >= 4 is 29.1 Å². The normalized spacial score (nSPS) is 12.9. The molecule has 0 saturated heterocycles. The van der Waals surface area contributed by atoms with Gasteiger partial charge in [-0.15, -0.1) is 10.2 Å². The van der Waals surface area contributed by atoms with E-state index in [0.717, 1.165) is 11.8 Å². The first-order chi connectivity index (χ1) is 15.9. The van der Waals surface area contributed by atoms with Crippen LogP contribution in [0.3, 0.4) is 0 Å². The molecule has 3 aromatic rings. The van der Waals surface area contributed by atoms with Crippen LogP contribution in [0.2, 0.25) is 0 Å². The van der Waals surface area contributed by atoms with Gasteiger partial charge in [-0.05, 0) is 49.0 Å². The topological polar surface area (TPSA) is 95.8 Å². The van der Waals surface area contributed by atoms with Crippen LogP contribution in [0.4, 0.5) is 0 Å². The number of Topliss-reactive ketones (excluding diaryl/α,β-unsaturated/α-hetero) is 1. The fraction of sp³-hybridized carbons (Fsp3) is 0.217. The van der Waals surface area contributed by atoms with E-state index in [4.69, 9.17) is 14.2 Å². The van der Waals surface area contributed by atoms with Crippen LogP contribution in [0.5, 0.6) is 17.2 Å². The number of carbonyl (C=O) groups is 2. The Kier molecular flexibility index (Phi) is 6.36. The Morgan fingerprint density at radius 2 is 1.70 bits per heavy atom. The quantitative estimate of drug-likeness (QED) is 0.523. The maximum Gasteiger partial charge on any atom is 0.243 e. The van der Waals surface area contributed by atoms with E-state index in [9.17, 15) is 9.59 Å². The van der Waals surface area contributed by atoms with Gasteiger partial charge >= 0.3 is 0 Å². The number of ketones is 1. The molecular weight excluding hydrogens is 444 g/mol. The molecule has 1 aromatic heterocycles. The lowest BCUT2D eigenvalue weighted by atomic mass is 10.1. The molecule has 0 saturated carbocycles. The van der Waals surface area contributed by atoms with Crippen molar-refractivity contribution in [3.63, 3.8) is 0 Å². The summed E-state index contributed by atoms with van der Waals surface area (Å²) in [5.74, 6) is 1.56. The SMILES string of the molecule is COc1ccc(C2=C(C(C)=O)Sc3nnc(COc4ccccc4)n3N2C(C)=O)cc1OC. The summed E-state index contributed by atoms with van der Waals surface area (Å²) < 4.78 is 18.2. The largest absolute Gasteiger partial charge is 0.493 e. The minimum atomic E-state index is -0.319. The van der Waals surface area contributed by atoms with Gasteiger partial charge in [0, 0.05) is 12.5 Å². The van der Waals surface area contributed by atoms with E-state index in [2.05, 4.69) is 10.2 Å². The fourth-order valence-corrected chi connectivity index (χ4v) is 4.41. The molecule has 2 aromatic carbocycles. The molecule has 0 unspecified atom stereocenters. The number of hydrogen-bond donors (Lipinski definition) is 0. The molecule has 0 N–H and O–H groups in total. The number of carbonyl (C=O) groups excluding carboxylic acids is 2. The molecule has 1 amide bonds. The molecule has 0 fully saturated rings. The minimum absolute atomic E-state index is 0.0793. The Hall–Kier alpha value is -3.79. The van der Waals surface area contributed by atoms with E-state index in [1.54, 1.807) is 30.0 Å². The summed E-state index contributed by atoms with van der Waals surface area (Å²) in [5.41, 5.74) is 1.02. The van der Waals surface area contributed by atoms with Crippen molar-refractivity contribution in [2.45, 2.75) is 25.6 Å². The number of allylic oxidation sites excluding steroid dienone is 1. The van der Waals surface area contributed by atoms with Gasteiger partial charge in [0.1, 0.15) is 12.4 Å². The lowest BCUT2D eigenvalue weighted by Gasteiger charge is -2.32. The third-order valence-corrected chi connectivity index (χ3v) is 6.01. The number of amides is 1. The van der Waals surface area contributed by atoms with Crippen LogP contribution >= 0.6 is 11.8 Å². The average Bonchev–Trinajstić information content (AvgIpc) is 3.24. The van der Waals surface area contributed by atoms with E-state index in [-0.39, 0.29) is 18.3 Å². The molecule has 1 aliphatic rings. The molecule has 2 heterocycles. The summed E-state index contributed by atoms with van der Waals surface area (Å²) in [6.07, 6.45) is 0. The van der Waals surface area contributed by atoms with Gasteiger partial charge in [-0.25, -0.2) is 9.69 Å². The van der Waals surface area contributed by atoms with Crippen molar-refractivity contribution in [2.75, 3.05) is 19.2 Å². The second-order valence-corrected chi connectivity index (χ2v) is 8.03. The molecule has 170 valence electrons. The van der Waals surface area contributed by atoms with Crippen LogP contribution in [-0.2, 0) is 16.2 Å². The van der Waals surface area contributed by atoms with Crippen molar-refractivity contribution in [2.24, 2.45) is 0 Å². The number of para-hydroxylation sites is 1. The van der Waals surface area contributed by atoms with Crippen molar-refractivity contribution < 1.29 is 23.8 Å². The van der Waals surface area contributed by atoms with Gasteiger partial charge in [-0.2, -0.15) is 0 Å². The molecule has 1 aliphatic heterocycles. The average molecular weight is 467 g/mol. The number of benzene rings is 2. The number of rotatable bonds is 7. The molecule has 0 bridgehead atoms. The molecule has 10 heteroatoms.